The van der Waals surface area contributed by atoms with Gasteiger partial charge in [-0.05, 0) is 6.42 Å². The molecule has 0 aromatic rings. The number of carbonyl (C=O) groups excluding carboxylic acids is 1. The molecule has 2 atom stereocenters. The van der Waals surface area contributed by atoms with Crippen molar-refractivity contribution in [1.29, 1.82) is 0 Å². The van der Waals surface area contributed by atoms with Crippen molar-refractivity contribution in [3.63, 3.8) is 0 Å². The SMILES string of the molecule is CCCCCCCCCCCCCCCCCC(=O)OC[C@H](O)COP(=O)([O-])OCC[N+](C)(C)C. The quantitative estimate of drug-likeness (QED) is 0.0743. The fraction of sp³-hybridized carbons (Fsp3) is 0.962. The lowest BCUT2D eigenvalue weighted by molar-refractivity contribution is -0.870. The van der Waals surface area contributed by atoms with Gasteiger partial charge in [0.15, 0.2) is 0 Å². The highest BCUT2D eigenvalue weighted by Crippen LogP contribution is 2.38. The van der Waals surface area contributed by atoms with Crippen LogP contribution in [0, 0.1) is 0 Å². The molecule has 8 nitrogen and oxygen atoms in total. The van der Waals surface area contributed by atoms with Crippen LogP contribution in [0.25, 0.3) is 0 Å². The summed E-state index contributed by atoms with van der Waals surface area (Å²) in [4.78, 5) is 23.5. The van der Waals surface area contributed by atoms with Crippen LogP contribution in [0.15, 0.2) is 0 Å². The largest absolute Gasteiger partial charge is 0.756 e. The van der Waals surface area contributed by atoms with Crippen LogP contribution in [0.4, 0.5) is 0 Å². The highest BCUT2D eigenvalue weighted by molar-refractivity contribution is 7.45. The Bertz CT molecular complexity index is 554. The Hall–Kier alpha value is -0.500. The maximum Gasteiger partial charge on any atom is 0.305 e. The lowest BCUT2D eigenvalue weighted by Crippen LogP contribution is -2.37. The first-order chi connectivity index (χ1) is 16.6. The highest BCUT2D eigenvalue weighted by Gasteiger charge is 2.16. The summed E-state index contributed by atoms with van der Waals surface area (Å²) >= 11 is 0. The van der Waals surface area contributed by atoms with Gasteiger partial charge in [-0.15, -0.1) is 0 Å². The normalized spacial score (nSPS) is 14.6. The summed E-state index contributed by atoms with van der Waals surface area (Å²) in [5.74, 6) is -0.386. The van der Waals surface area contributed by atoms with Crippen LogP contribution in [0.3, 0.4) is 0 Å². The minimum Gasteiger partial charge on any atom is -0.756 e. The number of carbonyl (C=O) groups is 1. The molecule has 0 bridgehead atoms. The molecule has 0 radical (unpaired) electrons. The van der Waals surface area contributed by atoms with E-state index < -0.39 is 20.5 Å². The summed E-state index contributed by atoms with van der Waals surface area (Å²) in [6, 6.07) is 0. The molecule has 0 aliphatic rings. The molecule has 0 aliphatic carbocycles. The molecular formula is C26H54NO7P. The van der Waals surface area contributed by atoms with E-state index in [9.17, 15) is 19.4 Å². The Balaban J connectivity index is 3.53. The molecular weight excluding hydrogens is 469 g/mol. The van der Waals surface area contributed by atoms with E-state index in [1.807, 2.05) is 21.1 Å². The van der Waals surface area contributed by atoms with Crippen molar-refractivity contribution in [2.45, 2.75) is 116 Å². The third-order valence-electron chi connectivity index (χ3n) is 5.86. The first kappa shape index (κ1) is 34.5. The van der Waals surface area contributed by atoms with Gasteiger partial charge >= 0.3 is 5.97 Å². The number of phosphoric acid groups is 1. The molecule has 0 saturated heterocycles. The number of aliphatic hydroxyl groups is 1. The minimum absolute atomic E-state index is 0.00534. The molecule has 210 valence electrons. The summed E-state index contributed by atoms with van der Waals surface area (Å²) in [5.41, 5.74) is 0. The van der Waals surface area contributed by atoms with Crippen molar-refractivity contribution >= 4 is 13.8 Å². The van der Waals surface area contributed by atoms with Gasteiger partial charge in [-0.1, -0.05) is 96.8 Å². The molecule has 0 spiro atoms. The van der Waals surface area contributed by atoms with E-state index in [4.69, 9.17) is 9.26 Å². The zero-order valence-electron chi connectivity index (χ0n) is 23.0. The molecule has 1 unspecified atom stereocenters. The van der Waals surface area contributed by atoms with E-state index in [1.165, 1.54) is 77.0 Å². The van der Waals surface area contributed by atoms with Crippen LogP contribution in [0.2, 0.25) is 0 Å². The van der Waals surface area contributed by atoms with E-state index in [0.717, 1.165) is 19.3 Å². The number of ether oxygens (including phenoxy) is 1. The summed E-state index contributed by atoms with van der Waals surface area (Å²) in [6.07, 6.45) is 18.0. The van der Waals surface area contributed by atoms with Gasteiger partial charge in [0.05, 0.1) is 27.7 Å². The van der Waals surface area contributed by atoms with Gasteiger partial charge in [0.2, 0.25) is 0 Å². The Labute approximate surface area is 214 Å². The second-order valence-corrected chi connectivity index (χ2v) is 12.0. The second-order valence-electron chi connectivity index (χ2n) is 10.6. The van der Waals surface area contributed by atoms with E-state index in [0.29, 0.717) is 17.4 Å². The summed E-state index contributed by atoms with van der Waals surface area (Å²) in [5, 5.41) is 9.80. The highest BCUT2D eigenvalue weighted by atomic mass is 31.2. The van der Waals surface area contributed by atoms with Gasteiger partial charge in [0.25, 0.3) is 7.82 Å². The molecule has 0 heterocycles. The first-order valence-corrected chi connectivity index (χ1v) is 15.3. The molecule has 0 amide bonds. The van der Waals surface area contributed by atoms with Gasteiger partial charge in [-0.3, -0.25) is 9.36 Å². The van der Waals surface area contributed by atoms with Crippen molar-refractivity contribution in [1.82, 2.24) is 0 Å². The average molecular weight is 524 g/mol. The molecule has 0 aromatic carbocycles. The van der Waals surface area contributed by atoms with Crippen LogP contribution in [0.1, 0.15) is 110 Å². The van der Waals surface area contributed by atoms with E-state index in [2.05, 4.69) is 11.4 Å². The molecule has 0 saturated carbocycles. The monoisotopic (exact) mass is 523 g/mol. The molecule has 1 N–H and O–H groups in total. The molecule has 9 heteroatoms. The maximum atomic E-state index is 11.8. The van der Waals surface area contributed by atoms with Crippen LogP contribution in [0.5, 0.6) is 0 Å². The number of rotatable bonds is 25. The molecule has 0 aromatic heterocycles. The minimum atomic E-state index is -4.49. The molecule has 35 heavy (non-hydrogen) atoms. The molecule has 0 aliphatic heterocycles. The lowest BCUT2D eigenvalue weighted by Gasteiger charge is -2.27. The zero-order chi connectivity index (χ0) is 26.4. The van der Waals surface area contributed by atoms with Gasteiger partial charge in [0, 0.05) is 6.42 Å². The summed E-state index contributed by atoms with van der Waals surface area (Å²) in [6.45, 7) is 1.95. The van der Waals surface area contributed by atoms with Gasteiger partial charge in [0.1, 0.15) is 25.9 Å². The fourth-order valence-electron chi connectivity index (χ4n) is 3.59. The predicted octanol–water partition coefficient (Wildman–Crippen LogP) is 5.36. The van der Waals surface area contributed by atoms with Crippen molar-refractivity contribution in [3.05, 3.63) is 0 Å². The number of likely N-dealkylation sites (N-methyl/N-ethyl adjacent to an activating group) is 1. The number of nitrogens with zero attached hydrogens (tertiary/aromatic N) is 1. The Morgan fingerprint density at radius 3 is 1.71 bits per heavy atom. The Morgan fingerprint density at radius 2 is 1.26 bits per heavy atom. The number of phosphoric ester groups is 1. The van der Waals surface area contributed by atoms with Crippen LogP contribution < -0.4 is 4.89 Å². The van der Waals surface area contributed by atoms with Crippen molar-refractivity contribution < 1.29 is 37.6 Å². The van der Waals surface area contributed by atoms with Gasteiger partial charge in [-0.25, -0.2) is 0 Å². The van der Waals surface area contributed by atoms with E-state index >= 15 is 0 Å². The maximum absolute atomic E-state index is 11.8. The van der Waals surface area contributed by atoms with Gasteiger partial charge in [-0.2, -0.15) is 0 Å². The van der Waals surface area contributed by atoms with Crippen LogP contribution in [-0.2, 0) is 23.1 Å². The molecule has 0 fully saturated rings. The van der Waals surface area contributed by atoms with Gasteiger partial charge < -0.3 is 28.3 Å². The smallest absolute Gasteiger partial charge is 0.305 e. The molecule has 0 rings (SSSR count). The second kappa shape index (κ2) is 21.6. The first-order valence-electron chi connectivity index (χ1n) is 13.8. The number of hydrogen-bond acceptors (Lipinski definition) is 7. The fourth-order valence-corrected chi connectivity index (χ4v) is 4.33. The topological polar surface area (TPSA) is 105 Å². The third kappa shape index (κ3) is 26.4. The zero-order valence-corrected chi connectivity index (χ0v) is 23.9. The number of unbranched alkanes of at least 4 members (excludes halogenated alkanes) is 14. The van der Waals surface area contributed by atoms with Crippen LogP contribution in [-0.4, -0.2) is 69.2 Å². The van der Waals surface area contributed by atoms with E-state index in [1.54, 1.807) is 0 Å². The number of hydrogen-bond donors (Lipinski definition) is 1. The number of aliphatic hydroxyl groups excluding tert-OH is 1. The number of quaternary nitrogens is 1. The lowest BCUT2D eigenvalue weighted by atomic mass is 10.0. The standard InChI is InChI=1S/C26H54NO7P/c1-5-6-7-8-9-10-11-12-13-14-15-16-17-18-19-20-26(29)32-23-25(28)24-34-35(30,31)33-22-21-27(2,3)4/h25,28H,5-24H2,1-4H3/t25-/m0/s1. The number of esters is 1. The van der Waals surface area contributed by atoms with Crippen molar-refractivity contribution in [3.8, 4) is 0 Å². The Morgan fingerprint density at radius 1 is 0.800 bits per heavy atom. The van der Waals surface area contributed by atoms with Crippen LogP contribution >= 0.6 is 7.82 Å². The van der Waals surface area contributed by atoms with Crippen molar-refractivity contribution in [2.24, 2.45) is 0 Å². The third-order valence-corrected chi connectivity index (χ3v) is 6.82. The van der Waals surface area contributed by atoms with E-state index in [-0.39, 0.29) is 19.2 Å². The average Bonchev–Trinajstić information content (AvgIpc) is 2.78. The summed E-state index contributed by atoms with van der Waals surface area (Å²) in [7, 11) is 1.26. The Kier molecular flexibility index (Phi) is 21.3. The summed E-state index contributed by atoms with van der Waals surface area (Å²) < 4.78 is 26.7. The predicted molar refractivity (Wildman–Crippen MR) is 139 cm³/mol. The van der Waals surface area contributed by atoms with Crippen molar-refractivity contribution in [2.75, 3.05) is 47.5 Å².